The van der Waals surface area contributed by atoms with E-state index < -0.39 is 0 Å². The van der Waals surface area contributed by atoms with Gasteiger partial charge in [-0.05, 0) is 19.8 Å². The molecule has 7 nitrogen and oxygen atoms in total. The number of aryl methyl sites for hydroxylation is 1. The van der Waals surface area contributed by atoms with Gasteiger partial charge in [-0.15, -0.1) is 11.3 Å². The van der Waals surface area contributed by atoms with Crippen LogP contribution in [0.25, 0.3) is 21.6 Å². The molecule has 1 aromatic carbocycles. The fraction of sp³-hybridized carbons (Fsp3) is 0.458. The minimum Gasteiger partial charge on any atom is -0.490 e. The number of thiophene rings is 1. The molecule has 0 radical (unpaired) electrons. The first-order valence-corrected chi connectivity index (χ1v) is 12.1. The summed E-state index contributed by atoms with van der Waals surface area (Å²) in [7, 11) is 0. The number of benzene rings is 1. The molecule has 168 valence electrons. The van der Waals surface area contributed by atoms with E-state index in [0.717, 1.165) is 80.3 Å². The number of aromatic nitrogens is 2. The van der Waals surface area contributed by atoms with Crippen molar-refractivity contribution in [1.82, 2.24) is 19.8 Å². The van der Waals surface area contributed by atoms with Gasteiger partial charge in [0, 0.05) is 38.3 Å². The Morgan fingerprint density at radius 1 is 1.09 bits per heavy atom. The van der Waals surface area contributed by atoms with Crippen molar-refractivity contribution in [3.05, 3.63) is 40.9 Å². The van der Waals surface area contributed by atoms with Crippen LogP contribution in [0.4, 0.5) is 0 Å². The first kappa shape index (κ1) is 21.3. The zero-order chi connectivity index (χ0) is 21.9. The van der Waals surface area contributed by atoms with Crippen molar-refractivity contribution in [2.45, 2.75) is 19.8 Å². The first-order chi connectivity index (χ1) is 15.7. The SMILES string of the molecule is Cc1nc(-c2ccccc2)nc2sc(C(=O)N3CCCC3)c(OCCN3CCOCC3)c12. The van der Waals surface area contributed by atoms with Crippen LogP contribution in [0.5, 0.6) is 5.75 Å². The number of amides is 1. The van der Waals surface area contributed by atoms with E-state index >= 15 is 0 Å². The molecule has 8 heteroatoms. The second-order valence-corrected chi connectivity index (χ2v) is 9.24. The molecule has 1 amide bonds. The summed E-state index contributed by atoms with van der Waals surface area (Å²) in [6, 6.07) is 9.95. The van der Waals surface area contributed by atoms with Crippen molar-refractivity contribution in [2.24, 2.45) is 0 Å². The van der Waals surface area contributed by atoms with E-state index in [9.17, 15) is 4.79 Å². The summed E-state index contributed by atoms with van der Waals surface area (Å²) in [5.41, 5.74) is 1.81. The van der Waals surface area contributed by atoms with Gasteiger partial charge < -0.3 is 14.4 Å². The van der Waals surface area contributed by atoms with Crippen molar-refractivity contribution in [3.63, 3.8) is 0 Å². The molecule has 0 spiro atoms. The minimum atomic E-state index is 0.0486. The number of rotatable bonds is 6. The molecule has 2 fully saturated rings. The Balaban J connectivity index is 1.49. The summed E-state index contributed by atoms with van der Waals surface area (Å²) in [5.74, 6) is 1.37. The Morgan fingerprint density at radius 3 is 2.59 bits per heavy atom. The molecule has 0 bridgehead atoms. The summed E-state index contributed by atoms with van der Waals surface area (Å²) in [6.07, 6.45) is 2.11. The average Bonchev–Trinajstić information content (AvgIpc) is 3.49. The largest absolute Gasteiger partial charge is 0.490 e. The maximum atomic E-state index is 13.3. The van der Waals surface area contributed by atoms with Gasteiger partial charge in [-0.2, -0.15) is 0 Å². The minimum absolute atomic E-state index is 0.0486. The molecule has 2 saturated heterocycles. The molecule has 5 rings (SSSR count). The van der Waals surface area contributed by atoms with Gasteiger partial charge in [-0.25, -0.2) is 9.97 Å². The molecule has 3 aromatic rings. The summed E-state index contributed by atoms with van der Waals surface area (Å²) >= 11 is 1.43. The molecule has 0 unspecified atom stereocenters. The van der Waals surface area contributed by atoms with Crippen molar-refractivity contribution in [3.8, 4) is 17.1 Å². The van der Waals surface area contributed by atoms with Gasteiger partial charge in [0.05, 0.1) is 24.3 Å². The third-order valence-corrected chi connectivity index (χ3v) is 7.12. The van der Waals surface area contributed by atoms with Crippen LogP contribution in [0, 0.1) is 6.92 Å². The van der Waals surface area contributed by atoms with Crippen LogP contribution in [0.2, 0.25) is 0 Å². The molecule has 2 aliphatic rings. The Kier molecular flexibility index (Phi) is 6.34. The molecule has 0 atom stereocenters. The predicted octanol–water partition coefficient (Wildman–Crippen LogP) is 3.61. The molecule has 4 heterocycles. The lowest BCUT2D eigenvalue weighted by Crippen LogP contribution is -2.38. The van der Waals surface area contributed by atoms with Gasteiger partial charge >= 0.3 is 0 Å². The van der Waals surface area contributed by atoms with Gasteiger partial charge in [-0.3, -0.25) is 9.69 Å². The summed E-state index contributed by atoms with van der Waals surface area (Å²) < 4.78 is 11.7. The highest BCUT2D eigenvalue weighted by molar-refractivity contribution is 7.21. The zero-order valence-electron chi connectivity index (χ0n) is 18.4. The Labute approximate surface area is 192 Å². The van der Waals surface area contributed by atoms with Crippen LogP contribution in [-0.2, 0) is 4.74 Å². The van der Waals surface area contributed by atoms with Crippen molar-refractivity contribution < 1.29 is 14.3 Å². The van der Waals surface area contributed by atoms with Crippen molar-refractivity contribution >= 4 is 27.5 Å². The van der Waals surface area contributed by atoms with E-state index in [0.29, 0.717) is 23.1 Å². The van der Waals surface area contributed by atoms with Gasteiger partial charge in [0.15, 0.2) is 11.6 Å². The van der Waals surface area contributed by atoms with E-state index in [1.54, 1.807) is 0 Å². The molecule has 2 aliphatic heterocycles. The number of nitrogens with zero attached hydrogens (tertiary/aromatic N) is 4. The van der Waals surface area contributed by atoms with Crippen LogP contribution < -0.4 is 4.74 Å². The van der Waals surface area contributed by atoms with E-state index in [1.165, 1.54) is 11.3 Å². The van der Waals surface area contributed by atoms with E-state index in [1.807, 2.05) is 42.2 Å². The zero-order valence-corrected chi connectivity index (χ0v) is 19.2. The predicted molar refractivity (Wildman–Crippen MR) is 125 cm³/mol. The Hall–Kier alpha value is -2.55. The maximum absolute atomic E-state index is 13.3. The molecular weight excluding hydrogens is 424 g/mol. The number of carbonyl (C=O) groups is 1. The van der Waals surface area contributed by atoms with E-state index in [-0.39, 0.29) is 5.91 Å². The van der Waals surface area contributed by atoms with Crippen molar-refractivity contribution in [2.75, 3.05) is 52.5 Å². The monoisotopic (exact) mass is 452 g/mol. The van der Waals surface area contributed by atoms with Crippen LogP contribution in [-0.4, -0.2) is 78.2 Å². The molecule has 32 heavy (non-hydrogen) atoms. The lowest BCUT2D eigenvalue weighted by Gasteiger charge is -2.26. The molecule has 0 N–H and O–H groups in total. The second-order valence-electron chi connectivity index (χ2n) is 8.24. The van der Waals surface area contributed by atoms with Gasteiger partial charge in [-0.1, -0.05) is 30.3 Å². The normalized spacial score (nSPS) is 17.2. The number of hydrogen-bond donors (Lipinski definition) is 0. The number of likely N-dealkylation sites (tertiary alicyclic amines) is 1. The van der Waals surface area contributed by atoms with Gasteiger partial charge in [0.1, 0.15) is 16.3 Å². The number of fused-ring (bicyclic) bond motifs is 1. The smallest absolute Gasteiger partial charge is 0.267 e. The fourth-order valence-corrected chi connectivity index (χ4v) is 5.44. The van der Waals surface area contributed by atoms with E-state index in [2.05, 4.69) is 4.90 Å². The highest BCUT2D eigenvalue weighted by Crippen LogP contribution is 2.40. The first-order valence-electron chi connectivity index (χ1n) is 11.3. The third kappa shape index (κ3) is 4.35. The van der Waals surface area contributed by atoms with Crippen LogP contribution >= 0.6 is 11.3 Å². The Morgan fingerprint density at radius 2 is 1.84 bits per heavy atom. The average molecular weight is 453 g/mol. The summed E-state index contributed by atoms with van der Waals surface area (Å²) in [4.78, 5) is 28.6. The lowest BCUT2D eigenvalue weighted by atomic mass is 10.2. The summed E-state index contributed by atoms with van der Waals surface area (Å²) in [6.45, 7) is 8.25. The molecule has 2 aromatic heterocycles. The van der Waals surface area contributed by atoms with Gasteiger partial charge in [0.25, 0.3) is 5.91 Å². The second kappa shape index (κ2) is 9.52. The number of carbonyl (C=O) groups excluding carboxylic acids is 1. The lowest BCUT2D eigenvalue weighted by molar-refractivity contribution is 0.0323. The van der Waals surface area contributed by atoms with Gasteiger partial charge in [0.2, 0.25) is 0 Å². The topological polar surface area (TPSA) is 67.8 Å². The highest BCUT2D eigenvalue weighted by Gasteiger charge is 2.28. The van der Waals surface area contributed by atoms with Crippen LogP contribution in [0.3, 0.4) is 0 Å². The molecule has 0 saturated carbocycles. The number of hydrogen-bond acceptors (Lipinski definition) is 7. The maximum Gasteiger partial charge on any atom is 0.267 e. The van der Waals surface area contributed by atoms with Crippen LogP contribution in [0.1, 0.15) is 28.2 Å². The number of ether oxygens (including phenoxy) is 2. The molecular formula is C24H28N4O3S. The fourth-order valence-electron chi connectivity index (χ4n) is 4.30. The Bertz CT molecular complexity index is 1090. The standard InChI is InChI=1S/C24H28N4O3S/c1-17-19-20(31-16-13-27-11-14-30-15-12-27)21(24(29)28-9-5-6-10-28)32-23(19)26-22(25-17)18-7-3-2-4-8-18/h2-4,7-8H,5-6,9-16H2,1H3. The number of morpholine rings is 1. The van der Waals surface area contributed by atoms with E-state index in [4.69, 9.17) is 19.4 Å². The quantitative estimate of drug-likeness (QED) is 0.569. The third-order valence-electron chi connectivity index (χ3n) is 6.07. The highest BCUT2D eigenvalue weighted by atomic mass is 32.1. The van der Waals surface area contributed by atoms with Crippen LogP contribution in [0.15, 0.2) is 30.3 Å². The summed E-state index contributed by atoms with van der Waals surface area (Å²) in [5, 5.41) is 0.860. The van der Waals surface area contributed by atoms with Crippen molar-refractivity contribution in [1.29, 1.82) is 0 Å². The molecule has 0 aliphatic carbocycles.